The number of sulfone groups is 1. The molecule has 0 saturated heterocycles. The zero-order valence-corrected chi connectivity index (χ0v) is 20.2. The Bertz CT molecular complexity index is 1500. The van der Waals surface area contributed by atoms with Gasteiger partial charge in [0.2, 0.25) is 0 Å². The van der Waals surface area contributed by atoms with Crippen LogP contribution in [-0.4, -0.2) is 38.7 Å². The van der Waals surface area contributed by atoms with Crippen LogP contribution in [0.4, 0.5) is 5.82 Å². The van der Waals surface area contributed by atoms with Gasteiger partial charge in [0.25, 0.3) is 0 Å². The van der Waals surface area contributed by atoms with E-state index in [1.807, 2.05) is 24.4 Å². The summed E-state index contributed by atoms with van der Waals surface area (Å²) in [4.78, 5) is 17.5. The van der Waals surface area contributed by atoms with E-state index >= 15 is 0 Å². The van der Waals surface area contributed by atoms with Crippen molar-refractivity contribution in [3.63, 3.8) is 0 Å². The molecule has 0 aliphatic carbocycles. The molecule has 5 heterocycles. The normalized spacial score (nSPS) is 17.6. The lowest BCUT2D eigenvalue weighted by Gasteiger charge is -2.26. The van der Waals surface area contributed by atoms with Crippen molar-refractivity contribution in [3.05, 3.63) is 53.7 Å². The zero-order valence-electron chi connectivity index (χ0n) is 19.4. The minimum Gasteiger partial charge on any atom is -0.362 e. The molecule has 2 N–H and O–H groups in total. The molecule has 0 fully saturated rings. The zero-order chi connectivity index (χ0) is 23.4. The summed E-state index contributed by atoms with van der Waals surface area (Å²) in [6.45, 7) is 5.23. The fourth-order valence-electron chi connectivity index (χ4n) is 5.27. The van der Waals surface area contributed by atoms with Gasteiger partial charge in [-0.05, 0) is 48.4 Å². The number of fused-ring (bicyclic) bond motifs is 3. The first-order chi connectivity index (χ1) is 16.4. The lowest BCUT2D eigenvalue weighted by molar-refractivity contribution is 0.542. The number of imidazole rings is 1. The van der Waals surface area contributed by atoms with Crippen molar-refractivity contribution in [1.29, 1.82) is 0 Å². The summed E-state index contributed by atoms with van der Waals surface area (Å²) >= 11 is 0. The third kappa shape index (κ3) is 3.50. The molecule has 0 unspecified atom stereocenters. The highest BCUT2D eigenvalue weighted by Crippen LogP contribution is 2.35. The Morgan fingerprint density at radius 1 is 1.09 bits per heavy atom. The number of rotatable bonds is 5. The van der Waals surface area contributed by atoms with Gasteiger partial charge < -0.3 is 14.9 Å². The molecule has 0 radical (unpaired) electrons. The predicted octanol–water partition coefficient (Wildman–Crippen LogP) is 4.30. The molecule has 176 valence electrons. The largest absolute Gasteiger partial charge is 0.362 e. The van der Waals surface area contributed by atoms with Crippen molar-refractivity contribution in [2.45, 2.75) is 57.0 Å². The van der Waals surface area contributed by atoms with Gasteiger partial charge in [0.05, 0.1) is 39.7 Å². The van der Waals surface area contributed by atoms with Gasteiger partial charge >= 0.3 is 0 Å². The quantitative estimate of drug-likeness (QED) is 0.445. The summed E-state index contributed by atoms with van der Waals surface area (Å²) in [7, 11) is -3.22. The minimum absolute atomic E-state index is 0.0990. The summed E-state index contributed by atoms with van der Waals surface area (Å²) < 4.78 is 27.6. The molecule has 8 nitrogen and oxygen atoms in total. The second-order valence-electron chi connectivity index (χ2n) is 9.64. The van der Waals surface area contributed by atoms with Gasteiger partial charge in [0.1, 0.15) is 23.6 Å². The van der Waals surface area contributed by atoms with Crippen molar-refractivity contribution < 1.29 is 8.42 Å². The van der Waals surface area contributed by atoms with Gasteiger partial charge in [-0.1, -0.05) is 26.0 Å². The van der Waals surface area contributed by atoms with Crippen LogP contribution in [0.1, 0.15) is 49.7 Å². The average molecular weight is 477 g/mol. The van der Waals surface area contributed by atoms with E-state index in [0.717, 1.165) is 71.0 Å². The third-order valence-electron chi connectivity index (χ3n) is 7.03. The van der Waals surface area contributed by atoms with E-state index in [4.69, 9.17) is 0 Å². The predicted molar refractivity (Wildman–Crippen MR) is 131 cm³/mol. The average Bonchev–Trinajstić information content (AvgIpc) is 3.52. The van der Waals surface area contributed by atoms with Gasteiger partial charge in [-0.25, -0.2) is 23.4 Å². The van der Waals surface area contributed by atoms with E-state index < -0.39 is 9.84 Å². The molecule has 2 aliphatic rings. The van der Waals surface area contributed by atoms with Crippen molar-refractivity contribution >= 4 is 26.7 Å². The first kappa shape index (κ1) is 21.3. The molecule has 6 rings (SSSR count). The highest BCUT2D eigenvalue weighted by atomic mass is 32.2. The molecule has 4 aromatic rings. The van der Waals surface area contributed by atoms with Gasteiger partial charge in [-0.15, -0.1) is 0 Å². The lowest BCUT2D eigenvalue weighted by atomic mass is 9.94. The number of benzene rings is 1. The molecule has 0 saturated carbocycles. The van der Waals surface area contributed by atoms with E-state index in [9.17, 15) is 8.42 Å². The van der Waals surface area contributed by atoms with Crippen LogP contribution in [-0.2, 0) is 29.2 Å². The summed E-state index contributed by atoms with van der Waals surface area (Å²) in [5, 5.41) is 4.50. The summed E-state index contributed by atoms with van der Waals surface area (Å²) in [5.41, 5.74) is 4.68. The van der Waals surface area contributed by atoms with Crippen molar-refractivity contribution in [3.8, 4) is 11.4 Å². The van der Waals surface area contributed by atoms with Crippen molar-refractivity contribution in [1.82, 2.24) is 24.5 Å². The number of H-pyrrole nitrogens is 1. The van der Waals surface area contributed by atoms with E-state index in [1.165, 1.54) is 0 Å². The SMILES string of the molecule is CC(C)[C@@H](Nc1ncnc2[nH]c(-c3cnc4n3CCC4)cc12)c1ccc2c(c1)S(=O)(=O)CCC2. The van der Waals surface area contributed by atoms with Crippen molar-refractivity contribution in [2.24, 2.45) is 5.92 Å². The first-order valence-electron chi connectivity index (χ1n) is 11.9. The molecule has 9 heteroatoms. The van der Waals surface area contributed by atoms with Crippen LogP contribution in [0, 0.1) is 5.92 Å². The van der Waals surface area contributed by atoms with E-state index in [1.54, 1.807) is 6.33 Å². The number of nitrogens with zero attached hydrogens (tertiary/aromatic N) is 4. The second kappa shape index (κ2) is 7.94. The van der Waals surface area contributed by atoms with E-state index in [0.29, 0.717) is 11.3 Å². The Morgan fingerprint density at radius 3 is 2.82 bits per heavy atom. The number of anilines is 1. The molecule has 2 aliphatic heterocycles. The van der Waals surface area contributed by atoms with Crippen LogP contribution < -0.4 is 5.32 Å². The number of hydrogen-bond donors (Lipinski definition) is 2. The monoisotopic (exact) mass is 476 g/mol. The fraction of sp³-hybridized carbons (Fsp3) is 0.400. The maximum absolute atomic E-state index is 12.7. The van der Waals surface area contributed by atoms with Crippen LogP contribution in [0.2, 0.25) is 0 Å². The summed E-state index contributed by atoms with van der Waals surface area (Å²) in [6.07, 6.45) is 7.11. The Labute approximate surface area is 198 Å². The lowest BCUT2D eigenvalue weighted by Crippen LogP contribution is -2.20. The Kier molecular flexibility index (Phi) is 4.98. The summed E-state index contributed by atoms with van der Waals surface area (Å²) in [6, 6.07) is 7.86. The minimum atomic E-state index is -3.22. The number of nitrogens with one attached hydrogen (secondary N) is 2. The van der Waals surface area contributed by atoms with Crippen LogP contribution in [0.3, 0.4) is 0 Å². The van der Waals surface area contributed by atoms with Gasteiger partial charge in [0, 0.05) is 13.0 Å². The Balaban J connectivity index is 1.38. The van der Waals surface area contributed by atoms with Gasteiger partial charge in [-0.2, -0.15) is 0 Å². The molecule has 0 amide bonds. The summed E-state index contributed by atoms with van der Waals surface area (Å²) in [5.74, 6) is 2.29. The van der Waals surface area contributed by atoms with Gasteiger partial charge in [0.15, 0.2) is 9.84 Å². The number of aryl methyl sites for hydroxylation is 2. The van der Waals surface area contributed by atoms with Gasteiger partial charge in [-0.3, -0.25) is 0 Å². The molecule has 3 aromatic heterocycles. The van der Waals surface area contributed by atoms with Crippen LogP contribution >= 0.6 is 0 Å². The smallest absolute Gasteiger partial charge is 0.178 e. The second-order valence-corrected chi connectivity index (χ2v) is 11.7. The highest BCUT2D eigenvalue weighted by Gasteiger charge is 2.27. The maximum atomic E-state index is 12.7. The third-order valence-corrected chi connectivity index (χ3v) is 8.90. The fourth-order valence-corrected chi connectivity index (χ4v) is 6.90. The number of hydrogen-bond acceptors (Lipinski definition) is 6. The number of aromatic amines is 1. The molecule has 0 bridgehead atoms. The molecule has 34 heavy (non-hydrogen) atoms. The molecule has 1 aromatic carbocycles. The maximum Gasteiger partial charge on any atom is 0.178 e. The molecule has 1 atom stereocenters. The van der Waals surface area contributed by atoms with E-state index in [-0.39, 0.29) is 17.7 Å². The topological polar surface area (TPSA) is 106 Å². The van der Waals surface area contributed by atoms with Crippen LogP contribution in [0.15, 0.2) is 41.7 Å². The standard InChI is InChI=1S/C25H28N6O2S/c1-15(2)23(17-8-7-16-5-4-10-34(32,33)21(16)11-17)30-25-18-12-19(29-24(18)27-14-28-25)20-13-26-22-6-3-9-31(20)22/h7-8,11-15,23H,3-6,9-10H2,1-2H3,(H2,27,28,29,30)/t23-/m1/s1. The van der Waals surface area contributed by atoms with E-state index in [2.05, 4.69) is 49.7 Å². The van der Waals surface area contributed by atoms with Crippen molar-refractivity contribution in [2.75, 3.05) is 11.1 Å². The molecular weight excluding hydrogens is 448 g/mol. The first-order valence-corrected chi connectivity index (χ1v) is 13.6. The highest BCUT2D eigenvalue weighted by molar-refractivity contribution is 7.91. The molecular formula is C25H28N6O2S. The number of aromatic nitrogens is 5. The Morgan fingerprint density at radius 2 is 1.97 bits per heavy atom. The molecule has 0 spiro atoms. The van der Waals surface area contributed by atoms with Crippen LogP contribution in [0.5, 0.6) is 0 Å². The van der Waals surface area contributed by atoms with Crippen LogP contribution in [0.25, 0.3) is 22.4 Å². The Hall–Kier alpha value is -3.20.